The van der Waals surface area contributed by atoms with Crippen LogP contribution in [0, 0.1) is 12.7 Å². The molecule has 13 heteroatoms. The van der Waals surface area contributed by atoms with Crippen molar-refractivity contribution in [1.82, 2.24) is 10.6 Å². The van der Waals surface area contributed by atoms with Gasteiger partial charge in [-0.05, 0) is 42.3 Å². The maximum absolute atomic E-state index is 14.7. The summed E-state index contributed by atoms with van der Waals surface area (Å²) in [6.45, 7) is 2.80. The van der Waals surface area contributed by atoms with Gasteiger partial charge < -0.3 is 15.5 Å². The summed E-state index contributed by atoms with van der Waals surface area (Å²) >= 11 is 5.51. The highest BCUT2D eigenvalue weighted by Gasteiger charge is 2.64. The molecule has 35 heavy (non-hydrogen) atoms. The molecule has 0 aliphatic carbocycles. The van der Waals surface area contributed by atoms with Crippen molar-refractivity contribution in [2.24, 2.45) is 5.16 Å². The number of amides is 1. The van der Waals surface area contributed by atoms with Gasteiger partial charge in [-0.25, -0.2) is 4.39 Å². The van der Waals surface area contributed by atoms with E-state index in [0.29, 0.717) is 18.7 Å². The quantitative estimate of drug-likeness (QED) is 0.549. The fourth-order valence-corrected chi connectivity index (χ4v) is 4.05. The van der Waals surface area contributed by atoms with Crippen molar-refractivity contribution >= 4 is 23.2 Å². The summed E-state index contributed by atoms with van der Waals surface area (Å²) in [5, 5.41) is 8.10. The zero-order chi connectivity index (χ0) is 25.8. The van der Waals surface area contributed by atoms with Crippen LogP contribution < -0.4 is 10.6 Å². The van der Waals surface area contributed by atoms with Crippen LogP contribution in [0.25, 0.3) is 0 Å². The summed E-state index contributed by atoms with van der Waals surface area (Å²) in [7, 11) is 0. The van der Waals surface area contributed by atoms with E-state index >= 15 is 0 Å². The Balaban J connectivity index is 1.68. The van der Waals surface area contributed by atoms with Crippen LogP contribution in [-0.2, 0) is 16.6 Å². The second-order valence-corrected chi connectivity index (χ2v) is 8.71. The van der Waals surface area contributed by atoms with Gasteiger partial charge >= 0.3 is 12.4 Å². The molecular formula is C22H17ClF7N3O2. The molecule has 1 amide bonds. The van der Waals surface area contributed by atoms with Crippen molar-refractivity contribution in [1.29, 1.82) is 0 Å². The second kappa shape index (κ2) is 8.66. The number of aryl methyl sites for hydroxylation is 1. The van der Waals surface area contributed by atoms with E-state index in [9.17, 15) is 35.5 Å². The SMILES string of the molecule is Cc1cc(C2=NO[C@](c3cc(C(F)(F)F)cc(Cl)c3F)(C(F)(F)F)C2)ccc1C(=O)NC1CNC1. The first kappa shape index (κ1) is 25.2. The van der Waals surface area contributed by atoms with Crippen molar-refractivity contribution in [2.45, 2.75) is 37.3 Å². The third kappa shape index (κ3) is 4.56. The largest absolute Gasteiger partial charge is 0.435 e. The minimum Gasteiger partial charge on any atom is -0.374 e. The van der Waals surface area contributed by atoms with Crippen LogP contribution >= 0.6 is 11.6 Å². The number of rotatable bonds is 4. The van der Waals surface area contributed by atoms with Gasteiger partial charge in [-0.1, -0.05) is 22.8 Å². The number of nitrogens with one attached hydrogen (secondary N) is 2. The maximum Gasteiger partial charge on any atom is 0.435 e. The zero-order valence-corrected chi connectivity index (χ0v) is 18.6. The van der Waals surface area contributed by atoms with Crippen LogP contribution in [0.1, 0.15) is 39.0 Å². The Morgan fingerprint density at radius 2 is 1.86 bits per heavy atom. The molecule has 2 aromatic rings. The number of benzene rings is 2. The molecule has 0 aromatic heterocycles. The number of hydrogen-bond acceptors (Lipinski definition) is 4. The Morgan fingerprint density at radius 3 is 2.40 bits per heavy atom. The van der Waals surface area contributed by atoms with Gasteiger partial charge in [-0.3, -0.25) is 4.79 Å². The van der Waals surface area contributed by atoms with E-state index in [2.05, 4.69) is 20.6 Å². The van der Waals surface area contributed by atoms with Crippen molar-refractivity contribution in [3.05, 3.63) is 69.0 Å². The number of carbonyl (C=O) groups excluding carboxylic acids is 1. The van der Waals surface area contributed by atoms with Gasteiger partial charge in [-0.2, -0.15) is 26.3 Å². The standard InChI is InChI=1S/C22H17ClF7N3O2/c1-10-4-11(2-3-14(10)19(34)32-13-8-31-9-13)17-7-20(35-33-17,22(28,29)30)15-5-12(21(25,26)27)6-16(23)18(15)24/h2-6,13,31H,7-9H2,1H3,(H,32,34)/t20-/m1/s1. The molecule has 1 fully saturated rings. The van der Waals surface area contributed by atoms with Crippen molar-refractivity contribution in [2.75, 3.05) is 13.1 Å². The van der Waals surface area contributed by atoms with Gasteiger partial charge in [0.2, 0.25) is 0 Å². The second-order valence-electron chi connectivity index (χ2n) is 8.31. The normalized spacial score (nSPS) is 20.8. The summed E-state index contributed by atoms with van der Waals surface area (Å²) in [5.74, 6) is -2.06. The van der Waals surface area contributed by atoms with Gasteiger partial charge in [0.1, 0.15) is 5.82 Å². The average Bonchev–Trinajstić information content (AvgIpc) is 3.18. The van der Waals surface area contributed by atoms with Crippen LogP contribution in [0.3, 0.4) is 0 Å². The topological polar surface area (TPSA) is 62.7 Å². The molecule has 2 aromatic carbocycles. The Labute approximate surface area is 199 Å². The Kier molecular flexibility index (Phi) is 6.25. The number of oxime groups is 1. The molecule has 2 heterocycles. The lowest BCUT2D eigenvalue weighted by molar-refractivity contribution is -0.276. The molecule has 188 valence electrons. The summed E-state index contributed by atoms with van der Waals surface area (Å²) < 4.78 is 96.9. The van der Waals surface area contributed by atoms with Gasteiger partial charge in [0.05, 0.1) is 28.8 Å². The summed E-state index contributed by atoms with van der Waals surface area (Å²) in [6.07, 6.45) is -11.5. The average molecular weight is 524 g/mol. The first-order chi connectivity index (χ1) is 16.2. The van der Waals surface area contributed by atoms with Crippen LogP contribution in [0.15, 0.2) is 35.5 Å². The van der Waals surface area contributed by atoms with Gasteiger partial charge in [-0.15, -0.1) is 0 Å². The van der Waals surface area contributed by atoms with E-state index in [1.807, 2.05) is 0 Å². The molecule has 1 saturated heterocycles. The molecule has 1 atom stereocenters. The van der Waals surface area contributed by atoms with Crippen LogP contribution in [0.5, 0.6) is 0 Å². The number of alkyl halides is 6. The van der Waals surface area contributed by atoms with Gasteiger partial charge in [0.15, 0.2) is 0 Å². The van der Waals surface area contributed by atoms with E-state index in [1.54, 1.807) is 6.92 Å². The Bertz CT molecular complexity index is 1210. The smallest absolute Gasteiger partial charge is 0.374 e. The monoisotopic (exact) mass is 523 g/mol. The molecule has 0 unspecified atom stereocenters. The van der Waals surface area contributed by atoms with E-state index in [4.69, 9.17) is 11.6 Å². The fraction of sp³-hybridized carbons (Fsp3) is 0.364. The highest BCUT2D eigenvalue weighted by Crippen LogP contribution is 2.51. The fourth-order valence-electron chi connectivity index (χ4n) is 3.84. The van der Waals surface area contributed by atoms with E-state index < -0.39 is 46.3 Å². The minimum absolute atomic E-state index is 0.0289. The number of nitrogens with zero attached hydrogens (tertiary/aromatic N) is 1. The predicted octanol–water partition coefficient (Wildman–Crippen LogP) is 5.09. The van der Waals surface area contributed by atoms with Crippen LogP contribution in [0.2, 0.25) is 5.02 Å². The highest BCUT2D eigenvalue weighted by molar-refractivity contribution is 6.30. The summed E-state index contributed by atoms with van der Waals surface area (Å²) in [6, 6.07) is 4.33. The van der Waals surface area contributed by atoms with Crippen LogP contribution in [0.4, 0.5) is 30.7 Å². The first-order valence-electron chi connectivity index (χ1n) is 10.2. The number of carbonyl (C=O) groups is 1. The summed E-state index contributed by atoms with van der Waals surface area (Å²) in [4.78, 5) is 17.1. The molecule has 5 nitrogen and oxygen atoms in total. The lowest BCUT2D eigenvalue weighted by Crippen LogP contribution is -2.57. The summed E-state index contributed by atoms with van der Waals surface area (Å²) in [5.41, 5.74) is -5.95. The molecule has 2 N–H and O–H groups in total. The third-order valence-corrected chi connectivity index (χ3v) is 6.17. The van der Waals surface area contributed by atoms with Crippen molar-refractivity contribution < 1.29 is 40.4 Å². The molecule has 0 radical (unpaired) electrons. The molecule has 2 aliphatic rings. The molecule has 0 spiro atoms. The molecule has 2 aliphatic heterocycles. The van der Waals surface area contributed by atoms with E-state index in [1.165, 1.54) is 18.2 Å². The van der Waals surface area contributed by atoms with Crippen molar-refractivity contribution in [3.8, 4) is 0 Å². The van der Waals surface area contributed by atoms with Crippen molar-refractivity contribution in [3.63, 3.8) is 0 Å². The Hall–Kier alpha value is -2.86. The van der Waals surface area contributed by atoms with E-state index in [0.717, 1.165) is 0 Å². The first-order valence-corrected chi connectivity index (χ1v) is 10.6. The lowest BCUT2D eigenvalue weighted by Gasteiger charge is -2.30. The number of halogens is 8. The molecular weight excluding hydrogens is 507 g/mol. The van der Waals surface area contributed by atoms with Gasteiger partial charge in [0.25, 0.3) is 11.5 Å². The minimum atomic E-state index is -5.35. The third-order valence-electron chi connectivity index (χ3n) is 5.90. The van der Waals surface area contributed by atoms with E-state index in [-0.39, 0.29) is 40.9 Å². The highest BCUT2D eigenvalue weighted by atomic mass is 35.5. The molecule has 0 bridgehead atoms. The van der Waals surface area contributed by atoms with Crippen LogP contribution in [-0.4, -0.2) is 36.9 Å². The molecule has 0 saturated carbocycles. The molecule has 4 rings (SSSR count). The zero-order valence-electron chi connectivity index (χ0n) is 17.9. The Morgan fingerprint density at radius 1 is 1.17 bits per heavy atom. The number of hydrogen-bond donors (Lipinski definition) is 2. The lowest BCUT2D eigenvalue weighted by atomic mass is 9.85. The predicted molar refractivity (Wildman–Crippen MR) is 112 cm³/mol. The van der Waals surface area contributed by atoms with Gasteiger partial charge in [0, 0.05) is 24.2 Å². The maximum atomic E-state index is 14.7.